The molecule has 0 aliphatic rings. The second-order valence-electron chi connectivity index (χ2n) is 7.66. The van der Waals surface area contributed by atoms with Crippen LogP contribution in [-0.2, 0) is 0 Å². The van der Waals surface area contributed by atoms with Crippen molar-refractivity contribution in [1.29, 1.82) is 0 Å². The second kappa shape index (κ2) is 10.6. The summed E-state index contributed by atoms with van der Waals surface area (Å²) >= 11 is 0. The van der Waals surface area contributed by atoms with E-state index in [1.165, 1.54) is 6.42 Å². The fourth-order valence-electron chi connectivity index (χ4n) is 1.62. The molecule has 5 heteroatoms. The minimum absolute atomic E-state index is 0. The van der Waals surface area contributed by atoms with Gasteiger partial charge in [-0.05, 0) is 32.1 Å². The van der Waals surface area contributed by atoms with Gasteiger partial charge in [-0.1, -0.05) is 34.6 Å². The van der Waals surface area contributed by atoms with E-state index in [2.05, 4.69) is 50.2 Å². The first-order chi connectivity index (χ1) is 9.09. The van der Waals surface area contributed by atoms with E-state index in [1.54, 1.807) is 0 Å². The van der Waals surface area contributed by atoms with Gasteiger partial charge < -0.3 is 15.7 Å². The molecular weight excluding hydrogens is 377 g/mol. The lowest BCUT2D eigenvalue weighted by Crippen LogP contribution is -2.43. The van der Waals surface area contributed by atoms with Crippen LogP contribution in [0.1, 0.15) is 61.3 Å². The maximum Gasteiger partial charge on any atom is 0.191 e. The van der Waals surface area contributed by atoms with Gasteiger partial charge >= 0.3 is 0 Å². The monoisotopic (exact) mass is 413 g/mol. The van der Waals surface area contributed by atoms with E-state index in [0.717, 1.165) is 18.9 Å². The Balaban J connectivity index is 0. The highest BCUT2D eigenvalue weighted by molar-refractivity contribution is 14.0. The minimum atomic E-state index is -0.170. The third-order valence-corrected chi connectivity index (χ3v) is 3.15. The number of nitrogens with one attached hydrogen (secondary N) is 2. The molecule has 0 heterocycles. The van der Waals surface area contributed by atoms with Gasteiger partial charge in [-0.2, -0.15) is 0 Å². The van der Waals surface area contributed by atoms with Gasteiger partial charge in [0, 0.05) is 24.6 Å². The molecule has 21 heavy (non-hydrogen) atoms. The van der Waals surface area contributed by atoms with Gasteiger partial charge in [0.25, 0.3) is 0 Å². The zero-order valence-electron chi connectivity index (χ0n) is 14.9. The summed E-state index contributed by atoms with van der Waals surface area (Å²) in [7, 11) is 0. The topological polar surface area (TPSA) is 56.7 Å². The van der Waals surface area contributed by atoms with E-state index in [-0.39, 0.29) is 36.0 Å². The van der Waals surface area contributed by atoms with Gasteiger partial charge in [0.2, 0.25) is 0 Å². The number of guanidine groups is 1. The highest BCUT2D eigenvalue weighted by Crippen LogP contribution is 2.21. The molecule has 0 saturated carbocycles. The van der Waals surface area contributed by atoms with Gasteiger partial charge in [-0.3, -0.25) is 4.99 Å². The van der Waals surface area contributed by atoms with Gasteiger partial charge in [-0.15, -0.1) is 24.0 Å². The average molecular weight is 413 g/mol. The van der Waals surface area contributed by atoms with E-state index in [9.17, 15) is 5.11 Å². The minimum Gasteiger partial charge on any atom is -0.396 e. The highest BCUT2D eigenvalue weighted by Gasteiger charge is 2.17. The lowest BCUT2D eigenvalue weighted by atomic mass is 9.89. The summed E-state index contributed by atoms with van der Waals surface area (Å²) in [6.07, 6.45) is 2.31. The molecule has 0 bridgehead atoms. The zero-order chi connectivity index (χ0) is 15.8. The average Bonchev–Trinajstić information content (AvgIpc) is 2.33. The number of aliphatic hydroxyl groups is 1. The maximum absolute atomic E-state index is 9.28. The number of rotatable bonds is 7. The summed E-state index contributed by atoms with van der Waals surface area (Å²) in [6.45, 7) is 16.7. The van der Waals surface area contributed by atoms with E-state index in [4.69, 9.17) is 0 Å². The van der Waals surface area contributed by atoms with Gasteiger partial charge in [0.05, 0.1) is 6.54 Å². The van der Waals surface area contributed by atoms with Crippen LogP contribution in [0.25, 0.3) is 0 Å². The summed E-state index contributed by atoms with van der Waals surface area (Å²) in [5.41, 5.74) is 0.196. The van der Waals surface area contributed by atoms with Crippen molar-refractivity contribution in [3.8, 4) is 0 Å². The fraction of sp³-hybridized carbons (Fsp3) is 0.938. The van der Waals surface area contributed by atoms with Crippen molar-refractivity contribution in [2.75, 3.05) is 19.7 Å². The molecular formula is C16H36IN3O. The molecule has 0 fully saturated rings. The Morgan fingerprint density at radius 1 is 1.19 bits per heavy atom. The lowest BCUT2D eigenvalue weighted by molar-refractivity contribution is 0.167. The molecule has 0 spiro atoms. The summed E-state index contributed by atoms with van der Waals surface area (Å²) < 4.78 is 0. The van der Waals surface area contributed by atoms with Gasteiger partial charge in [0.1, 0.15) is 0 Å². The number of nitrogens with zero attached hydrogens (tertiary/aromatic N) is 1. The van der Waals surface area contributed by atoms with Crippen LogP contribution in [0.2, 0.25) is 0 Å². The smallest absolute Gasteiger partial charge is 0.191 e. The third kappa shape index (κ3) is 13.4. The Morgan fingerprint density at radius 3 is 2.19 bits per heavy atom. The number of halogens is 1. The van der Waals surface area contributed by atoms with Crippen molar-refractivity contribution in [2.24, 2.45) is 15.8 Å². The first kappa shape index (κ1) is 23.2. The molecule has 0 aromatic rings. The summed E-state index contributed by atoms with van der Waals surface area (Å²) in [4.78, 5) is 4.57. The first-order valence-corrected chi connectivity index (χ1v) is 7.75. The molecule has 128 valence electrons. The molecule has 0 radical (unpaired) electrons. The third-order valence-electron chi connectivity index (χ3n) is 3.15. The maximum atomic E-state index is 9.28. The summed E-state index contributed by atoms with van der Waals surface area (Å²) in [5.74, 6) is 0.843. The molecule has 0 aromatic heterocycles. The van der Waals surface area contributed by atoms with E-state index < -0.39 is 0 Å². The quantitative estimate of drug-likeness (QED) is 0.341. The molecule has 0 rings (SSSR count). The predicted octanol–water partition coefficient (Wildman–Crippen LogP) is 3.39. The van der Waals surface area contributed by atoms with Crippen molar-refractivity contribution >= 4 is 29.9 Å². The number of hydrogen-bond acceptors (Lipinski definition) is 2. The SMILES string of the molecule is CCNC(=NCC(C)(C)CO)NC(C)CCC(C)(C)C.I. The van der Waals surface area contributed by atoms with E-state index in [1.807, 2.05) is 13.8 Å². The van der Waals surface area contributed by atoms with Crippen LogP contribution in [0.3, 0.4) is 0 Å². The summed E-state index contributed by atoms with van der Waals surface area (Å²) in [6, 6.07) is 0.393. The van der Waals surface area contributed by atoms with Crippen LogP contribution < -0.4 is 10.6 Å². The number of aliphatic hydroxyl groups excluding tert-OH is 1. The van der Waals surface area contributed by atoms with Crippen LogP contribution in [-0.4, -0.2) is 36.8 Å². The summed E-state index contributed by atoms with van der Waals surface area (Å²) in [5, 5.41) is 16.0. The fourth-order valence-corrected chi connectivity index (χ4v) is 1.62. The van der Waals surface area contributed by atoms with Gasteiger partial charge in [-0.25, -0.2) is 0 Å². The Hall–Kier alpha value is -0.0400. The van der Waals surface area contributed by atoms with Crippen LogP contribution in [0.5, 0.6) is 0 Å². The predicted molar refractivity (Wildman–Crippen MR) is 104 cm³/mol. The van der Waals surface area contributed by atoms with Crippen LogP contribution in [0, 0.1) is 10.8 Å². The largest absolute Gasteiger partial charge is 0.396 e. The molecule has 0 saturated heterocycles. The van der Waals surface area contributed by atoms with Gasteiger partial charge in [0.15, 0.2) is 5.96 Å². The number of hydrogen-bond donors (Lipinski definition) is 3. The van der Waals surface area contributed by atoms with Crippen molar-refractivity contribution in [2.45, 2.75) is 67.3 Å². The van der Waals surface area contributed by atoms with Crippen LogP contribution in [0.4, 0.5) is 0 Å². The molecule has 0 aliphatic heterocycles. The molecule has 0 aliphatic carbocycles. The molecule has 4 nitrogen and oxygen atoms in total. The molecule has 1 unspecified atom stereocenters. The zero-order valence-corrected chi connectivity index (χ0v) is 17.2. The Labute approximate surface area is 148 Å². The molecule has 0 amide bonds. The van der Waals surface area contributed by atoms with E-state index in [0.29, 0.717) is 18.0 Å². The first-order valence-electron chi connectivity index (χ1n) is 7.75. The molecule has 0 aromatic carbocycles. The second-order valence-corrected chi connectivity index (χ2v) is 7.66. The standard InChI is InChI=1S/C16H35N3O.HI/c1-8-17-14(18-11-16(6,7)12-20)19-13(2)9-10-15(3,4)5;/h13,20H,8-12H2,1-7H3,(H2,17,18,19);1H. The molecule has 1 atom stereocenters. The Kier molecular flexibility index (Phi) is 11.8. The van der Waals surface area contributed by atoms with Crippen molar-refractivity contribution in [3.63, 3.8) is 0 Å². The van der Waals surface area contributed by atoms with Crippen molar-refractivity contribution in [3.05, 3.63) is 0 Å². The van der Waals surface area contributed by atoms with Crippen molar-refractivity contribution < 1.29 is 5.11 Å². The normalized spacial score (nSPS) is 14.4. The Bertz CT molecular complexity index is 298. The lowest BCUT2D eigenvalue weighted by Gasteiger charge is -2.24. The highest BCUT2D eigenvalue weighted by atomic mass is 127. The van der Waals surface area contributed by atoms with Crippen LogP contribution in [0.15, 0.2) is 4.99 Å². The molecule has 3 N–H and O–H groups in total. The van der Waals surface area contributed by atoms with Crippen LogP contribution >= 0.6 is 24.0 Å². The Morgan fingerprint density at radius 2 is 1.76 bits per heavy atom. The van der Waals surface area contributed by atoms with E-state index >= 15 is 0 Å². The van der Waals surface area contributed by atoms with Crippen molar-refractivity contribution in [1.82, 2.24) is 10.6 Å². The number of aliphatic imine (C=N–C) groups is 1.